The van der Waals surface area contributed by atoms with Gasteiger partial charge >= 0.3 is 0 Å². The minimum atomic E-state index is -0.573. The van der Waals surface area contributed by atoms with Crippen LogP contribution in [0.15, 0.2) is 35.3 Å². The summed E-state index contributed by atoms with van der Waals surface area (Å²) >= 11 is 6.21. The van der Waals surface area contributed by atoms with Crippen LogP contribution in [0.2, 0.25) is 5.02 Å². The van der Waals surface area contributed by atoms with E-state index in [1.165, 1.54) is 13.2 Å². The highest BCUT2D eigenvalue weighted by molar-refractivity contribution is 6.31. The first-order chi connectivity index (χ1) is 17.3. The van der Waals surface area contributed by atoms with Crippen molar-refractivity contribution in [2.75, 3.05) is 38.9 Å². The predicted molar refractivity (Wildman–Crippen MR) is 138 cm³/mol. The lowest BCUT2D eigenvalue weighted by Crippen LogP contribution is -2.24. The molecule has 4 rings (SSSR count). The Balaban J connectivity index is 1.83. The molecule has 0 bridgehead atoms. The van der Waals surface area contributed by atoms with Crippen LogP contribution in [0, 0.1) is 12.7 Å². The van der Waals surface area contributed by atoms with Crippen molar-refractivity contribution in [3.8, 4) is 5.75 Å². The van der Waals surface area contributed by atoms with Gasteiger partial charge in [0.25, 0.3) is 0 Å². The third-order valence-corrected chi connectivity index (χ3v) is 7.00. The Labute approximate surface area is 214 Å². The van der Waals surface area contributed by atoms with Crippen molar-refractivity contribution >= 4 is 34.1 Å². The van der Waals surface area contributed by atoms with Crippen molar-refractivity contribution in [1.29, 1.82) is 0 Å². The van der Waals surface area contributed by atoms with E-state index in [1.807, 2.05) is 4.57 Å². The Morgan fingerprint density at radius 3 is 2.58 bits per heavy atom. The van der Waals surface area contributed by atoms with E-state index in [0.717, 1.165) is 6.42 Å². The van der Waals surface area contributed by atoms with Crippen LogP contribution in [0.5, 0.6) is 5.75 Å². The number of hydrogen-bond acceptors (Lipinski definition) is 5. The lowest BCUT2D eigenvalue weighted by Gasteiger charge is -2.23. The summed E-state index contributed by atoms with van der Waals surface area (Å²) in [6, 6.07) is 6.27. The number of pyridine rings is 1. The zero-order chi connectivity index (χ0) is 26.0. The quantitative estimate of drug-likeness (QED) is 0.456. The van der Waals surface area contributed by atoms with Gasteiger partial charge in [-0.05, 0) is 49.1 Å². The Kier molecular flexibility index (Phi) is 7.97. The van der Waals surface area contributed by atoms with E-state index in [4.69, 9.17) is 21.1 Å². The molecule has 3 aromatic rings. The maximum absolute atomic E-state index is 15.1. The van der Waals surface area contributed by atoms with Gasteiger partial charge in [-0.25, -0.2) is 4.39 Å². The number of aromatic nitrogens is 1. The van der Waals surface area contributed by atoms with Gasteiger partial charge in [0, 0.05) is 62.0 Å². The molecule has 7 nitrogen and oxygen atoms in total. The number of halogens is 2. The second kappa shape index (κ2) is 11.0. The number of methoxy groups -OCH3 is 2. The molecule has 36 heavy (non-hydrogen) atoms. The molecule has 1 atom stereocenters. The first kappa shape index (κ1) is 26.1. The molecule has 0 unspecified atom stereocenters. The summed E-state index contributed by atoms with van der Waals surface area (Å²) in [7, 11) is 3.11. The number of hydrogen-bond donors (Lipinski definition) is 1. The zero-order valence-corrected chi connectivity index (χ0v) is 21.4. The minimum absolute atomic E-state index is 0.0187. The average molecular weight is 517 g/mol. The second-order valence-electron chi connectivity index (χ2n) is 9.07. The van der Waals surface area contributed by atoms with Gasteiger partial charge in [-0.1, -0.05) is 11.6 Å². The Morgan fingerprint density at radius 1 is 1.17 bits per heavy atom. The maximum Gasteiger partial charge on any atom is 0.227 e. The van der Waals surface area contributed by atoms with Crippen molar-refractivity contribution < 1.29 is 23.8 Å². The fourth-order valence-electron chi connectivity index (χ4n) is 4.80. The molecule has 1 N–H and O–H groups in total. The van der Waals surface area contributed by atoms with E-state index >= 15 is 4.39 Å². The molecule has 0 radical (unpaired) electrons. The number of anilines is 1. The van der Waals surface area contributed by atoms with Gasteiger partial charge in [-0.3, -0.25) is 9.59 Å². The first-order valence-corrected chi connectivity index (χ1v) is 12.3. The molecule has 9 heteroatoms. The number of amides is 1. The van der Waals surface area contributed by atoms with Crippen LogP contribution in [-0.4, -0.2) is 49.6 Å². The summed E-state index contributed by atoms with van der Waals surface area (Å²) in [5.74, 6) is -0.119. The van der Waals surface area contributed by atoms with Gasteiger partial charge in [0.15, 0.2) is 5.43 Å². The molecular weight excluding hydrogens is 487 g/mol. The molecule has 1 aliphatic heterocycles. The van der Waals surface area contributed by atoms with Crippen LogP contribution in [0.4, 0.5) is 10.1 Å². The van der Waals surface area contributed by atoms with Gasteiger partial charge < -0.3 is 24.0 Å². The van der Waals surface area contributed by atoms with Crippen molar-refractivity contribution in [1.82, 2.24) is 4.57 Å². The van der Waals surface area contributed by atoms with Crippen molar-refractivity contribution in [3.05, 3.63) is 68.2 Å². The Bertz CT molecular complexity index is 1360. The largest absolute Gasteiger partial charge is 0.496 e. The summed E-state index contributed by atoms with van der Waals surface area (Å²) in [6.45, 7) is 2.61. The fraction of sp³-hybridized carbons (Fsp3) is 0.407. The number of fused-ring (bicyclic) bond motifs is 1. The van der Waals surface area contributed by atoms with E-state index in [-0.39, 0.29) is 35.4 Å². The SMILES string of the molecule is COCC[C@@H](CO)n1cc(C)c(=O)c2cc(Cc3cc(N4CCCC4=O)cc(Cl)c3F)c(OC)cc21. The normalized spacial score (nSPS) is 14.6. The highest BCUT2D eigenvalue weighted by atomic mass is 35.5. The van der Waals surface area contributed by atoms with Crippen LogP contribution in [0.1, 0.15) is 42.0 Å². The number of carbonyl (C=O) groups excluding carboxylic acids is 1. The van der Waals surface area contributed by atoms with Crippen LogP contribution < -0.4 is 15.1 Å². The summed E-state index contributed by atoms with van der Waals surface area (Å²) in [6.07, 6.45) is 3.59. The summed E-state index contributed by atoms with van der Waals surface area (Å²) < 4.78 is 27.8. The van der Waals surface area contributed by atoms with Crippen LogP contribution in [-0.2, 0) is 16.0 Å². The molecule has 1 aliphatic rings. The molecule has 2 aromatic carbocycles. The molecule has 2 heterocycles. The average Bonchev–Trinajstić information content (AvgIpc) is 3.30. The molecule has 1 aromatic heterocycles. The lowest BCUT2D eigenvalue weighted by molar-refractivity contribution is -0.117. The third-order valence-electron chi connectivity index (χ3n) is 6.73. The Hall–Kier alpha value is -2.94. The van der Waals surface area contributed by atoms with Crippen molar-refractivity contribution in [2.45, 2.75) is 38.6 Å². The fourth-order valence-corrected chi connectivity index (χ4v) is 5.04. The molecular formula is C27H30ClFN2O5. The monoisotopic (exact) mass is 516 g/mol. The van der Waals surface area contributed by atoms with Gasteiger partial charge in [0.1, 0.15) is 11.6 Å². The number of nitrogens with zero attached hydrogens (tertiary/aromatic N) is 2. The number of aliphatic hydroxyl groups excluding tert-OH is 1. The second-order valence-corrected chi connectivity index (χ2v) is 9.48. The van der Waals surface area contributed by atoms with Gasteiger partial charge in [-0.15, -0.1) is 0 Å². The highest BCUT2D eigenvalue weighted by Crippen LogP contribution is 2.34. The number of ether oxygens (including phenoxy) is 2. The molecule has 192 valence electrons. The number of aryl methyl sites for hydroxylation is 1. The number of rotatable bonds is 9. The summed E-state index contributed by atoms with van der Waals surface area (Å²) in [4.78, 5) is 27.0. The van der Waals surface area contributed by atoms with Gasteiger partial charge in [0.05, 0.1) is 30.3 Å². The lowest BCUT2D eigenvalue weighted by atomic mass is 9.99. The molecule has 1 fully saturated rings. The number of benzene rings is 2. The van der Waals surface area contributed by atoms with Gasteiger partial charge in [0.2, 0.25) is 5.91 Å². The molecule has 0 spiro atoms. The Morgan fingerprint density at radius 2 is 1.94 bits per heavy atom. The maximum atomic E-state index is 15.1. The minimum Gasteiger partial charge on any atom is -0.496 e. The van der Waals surface area contributed by atoms with Crippen molar-refractivity contribution in [2.24, 2.45) is 0 Å². The standard InChI is InChI=1S/C27H30ClFN2O5/c1-16-14-31(19(15-32)6-8-35-2)23-13-24(36-3)17(11-21(23)27(16)34)9-18-10-20(12-22(28)26(18)29)30-7-4-5-25(30)33/h10-14,19,32H,4-9,15H2,1-3H3/t19-/m0/s1. The van der Waals surface area contributed by atoms with Crippen molar-refractivity contribution in [3.63, 3.8) is 0 Å². The molecule has 1 saturated heterocycles. The smallest absolute Gasteiger partial charge is 0.227 e. The first-order valence-electron chi connectivity index (χ1n) is 11.9. The van der Waals surface area contributed by atoms with E-state index in [1.54, 1.807) is 43.3 Å². The number of aliphatic hydroxyl groups is 1. The molecule has 0 saturated carbocycles. The van der Waals surface area contributed by atoms with Crippen LogP contribution in [0.25, 0.3) is 10.9 Å². The van der Waals surface area contributed by atoms with Crippen LogP contribution in [0.3, 0.4) is 0 Å². The van der Waals surface area contributed by atoms with Crippen LogP contribution >= 0.6 is 11.6 Å². The topological polar surface area (TPSA) is 81.0 Å². The molecule has 1 amide bonds. The number of carbonyl (C=O) groups is 1. The zero-order valence-electron chi connectivity index (χ0n) is 20.6. The van der Waals surface area contributed by atoms with E-state index < -0.39 is 5.82 Å². The van der Waals surface area contributed by atoms with E-state index in [0.29, 0.717) is 65.0 Å². The molecule has 0 aliphatic carbocycles. The predicted octanol–water partition coefficient (Wildman–Crippen LogP) is 4.40. The third kappa shape index (κ3) is 4.98. The summed E-state index contributed by atoms with van der Waals surface area (Å²) in [5.41, 5.74) is 2.45. The van der Waals surface area contributed by atoms with Gasteiger partial charge in [-0.2, -0.15) is 0 Å². The van der Waals surface area contributed by atoms with E-state index in [9.17, 15) is 14.7 Å². The summed E-state index contributed by atoms with van der Waals surface area (Å²) in [5, 5.41) is 10.4. The highest BCUT2D eigenvalue weighted by Gasteiger charge is 2.24. The van der Waals surface area contributed by atoms with E-state index in [2.05, 4.69) is 0 Å².